The average Bonchev–Trinajstić information content (AvgIpc) is 1.65. The molecule has 11 heavy (non-hydrogen) atoms. The molecule has 0 fully saturated rings. The fourth-order valence-corrected chi connectivity index (χ4v) is 0.270. The maximum atomic E-state index is 9.68. The molecule has 9 heteroatoms. The molecule has 6 nitrogen and oxygen atoms in total. The molecule has 1 atom stereocenters. The summed E-state index contributed by atoms with van der Waals surface area (Å²) in [5, 5.41) is 0. The Morgan fingerprint density at radius 1 is 1.45 bits per heavy atom. The van der Waals surface area contributed by atoms with Crippen LogP contribution in [0, 0.1) is 0 Å². The Hall–Kier alpha value is 1.21. The van der Waals surface area contributed by atoms with Gasteiger partial charge in [-0.25, -0.2) is 4.79 Å². The third kappa shape index (κ3) is 18.3. The van der Waals surface area contributed by atoms with Crippen LogP contribution in [-0.4, -0.2) is 85.6 Å². The summed E-state index contributed by atoms with van der Waals surface area (Å²) in [4.78, 5) is 19.0. The van der Waals surface area contributed by atoms with Gasteiger partial charge in [-0.3, -0.25) is 9.35 Å². The van der Waals surface area contributed by atoms with Gasteiger partial charge in [-0.05, 0) is 0 Å². The van der Waals surface area contributed by atoms with E-state index in [1.807, 2.05) is 0 Å². The number of rotatable bonds is 2. The van der Waals surface area contributed by atoms with Gasteiger partial charge in [-0.1, -0.05) is 0 Å². The summed E-state index contributed by atoms with van der Waals surface area (Å²) >= 11 is -2.68. The Morgan fingerprint density at radius 2 is 1.82 bits per heavy atom. The Balaban J connectivity index is -0.0000000817. The van der Waals surface area contributed by atoms with Crippen molar-refractivity contribution in [1.82, 2.24) is 0 Å². The van der Waals surface area contributed by atoms with E-state index >= 15 is 0 Å². The third-order valence-electron chi connectivity index (χ3n) is 0.250. The van der Waals surface area contributed by atoms with E-state index in [1.165, 1.54) is 0 Å². The second-order valence-electron chi connectivity index (χ2n) is 0.737. The molecule has 0 aromatic carbocycles. The van der Waals surface area contributed by atoms with Gasteiger partial charge in [0.15, 0.2) is 0 Å². The predicted octanol–water partition coefficient (Wildman–Crippen LogP) is -3.26. The quantitative estimate of drug-likeness (QED) is 0.219. The molecule has 58 valence electrons. The molecule has 0 aliphatic carbocycles. The van der Waals surface area contributed by atoms with Crippen molar-refractivity contribution in [2.75, 3.05) is 0 Å². The van der Waals surface area contributed by atoms with Crippen LogP contribution in [0.25, 0.3) is 0 Å². The first kappa shape index (κ1) is 22.8. The first-order valence-electron chi connectivity index (χ1n) is 1.45. The Labute approximate surface area is 109 Å². The third-order valence-corrected chi connectivity index (χ3v) is 0.556. The molecule has 3 N–H and O–H groups in total. The van der Waals surface area contributed by atoms with Crippen molar-refractivity contribution in [2.45, 2.75) is 0 Å². The van der Waals surface area contributed by atoms with E-state index in [0.717, 1.165) is 0 Å². The number of carbonyl (C=O) groups is 2. The van der Waals surface area contributed by atoms with E-state index < -0.39 is 17.3 Å². The molecular formula is C2H6Na2O6S. The van der Waals surface area contributed by atoms with Crippen molar-refractivity contribution in [1.29, 1.82) is 0 Å². The summed E-state index contributed by atoms with van der Waals surface area (Å²) in [6.07, 6.45) is -0.200. The SMILES string of the molecule is O.O=CC(=O)OS(=O)O.[NaH].[NaH]. The minimum absolute atomic E-state index is 0. The number of aldehydes is 1. The fraction of sp³-hybridized carbons (Fsp3) is 0. The molecule has 0 rings (SSSR count). The monoisotopic (exact) mass is 204 g/mol. The van der Waals surface area contributed by atoms with Crippen LogP contribution in [0.2, 0.25) is 0 Å². The van der Waals surface area contributed by atoms with E-state index in [9.17, 15) is 13.8 Å². The summed E-state index contributed by atoms with van der Waals surface area (Å²) in [5.41, 5.74) is 0. The van der Waals surface area contributed by atoms with Gasteiger partial charge in [0.1, 0.15) is 0 Å². The first-order valence-corrected chi connectivity index (χ1v) is 2.48. The van der Waals surface area contributed by atoms with Gasteiger partial charge < -0.3 is 9.66 Å². The van der Waals surface area contributed by atoms with Crippen molar-refractivity contribution in [3.63, 3.8) is 0 Å². The van der Waals surface area contributed by atoms with E-state index in [1.54, 1.807) is 0 Å². The topological polar surface area (TPSA) is 112 Å². The molecule has 0 aliphatic rings. The van der Waals surface area contributed by atoms with Crippen LogP contribution in [0.3, 0.4) is 0 Å². The van der Waals surface area contributed by atoms with Crippen molar-refractivity contribution < 1.29 is 28.0 Å². The molecule has 0 amide bonds. The summed E-state index contributed by atoms with van der Waals surface area (Å²) in [6.45, 7) is 0. The Bertz CT molecular complexity index is 137. The molecule has 0 aromatic rings. The molecule has 0 bridgehead atoms. The molecule has 0 aromatic heterocycles. The Morgan fingerprint density at radius 3 is 1.91 bits per heavy atom. The second-order valence-corrected chi connectivity index (χ2v) is 1.34. The van der Waals surface area contributed by atoms with Gasteiger partial charge in [0.2, 0.25) is 6.29 Å². The predicted molar refractivity (Wildman–Crippen MR) is 40.8 cm³/mol. The molecule has 0 saturated heterocycles. The molecule has 1 unspecified atom stereocenters. The van der Waals surface area contributed by atoms with Crippen LogP contribution in [0.1, 0.15) is 0 Å². The minimum atomic E-state index is -2.68. The van der Waals surface area contributed by atoms with Crippen LogP contribution >= 0.6 is 0 Å². The average molecular weight is 204 g/mol. The van der Waals surface area contributed by atoms with Crippen molar-refractivity contribution in [3.05, 3.63) is 0 Å². The van der Waals surface area contributed by atoms with Crippen LogP contribution in [0.4, 0.5) is 0 Å². The normalized spacial score (nSPS) is 8.82. The molecule has 0 saturated carbocycles. The summed E-state index contributed by atoms with van der Waals surface area (Å²) in [6, 6.07) is 0. The zero-order valence-corrected chi connectivity index (χ0v) is 4.88. The molecular weight excluding hydrogens is 198 g/mol. The van der Waals surface area contributed by atoms with Gasteiger partial charge in [0.25, 0.3) is 0 Å². The zero-order valence-electron chi connectivity index (χ0n) is 4.07. The van der Waals surface area contributed by atoms with Gasteiger partial charge >= 0.3 is 76.4 Å². The van der Waals surface area contributed by atoms with Crippen molar-refractivity contribution >= 4 is 82.7 Å². The maximum absolute atomic E-state index is 9.68. The summed E-state index contributed by atoms with van der Waals surface area (Å²) in [7, 11) is 0. The van der Waals surface area contributed by atoms with E-state index in [4.69, 9.17) is 4.55 Å². The first-order chi connectivity index (χ1) is 3.66. The fourth-order valence-electron chi connectivity index (χ4n) is 0.0899. The standard InChI is InChI=1S/C2H2O5S.2Na.H2O.2H/c3-1-2(4)7-8(5)6;;;;;/h1H,(H,5,6);;;1H2;;. The van der Waals surface area contributed by atoms with Gasteiger partial charge in [-0.2, -0.15) is 4.21 Å². The second kappa shape index (κ2) is 13.8. The van der Waals surface area contributed by atoms with Crippen LogP contribution < -0.4 is 0 Å². The van der Waals surface area contributed by atoms with Crippen molar-refractivity contribution in [2.24, 2.45) is 0 Å². The van der Waals surface area contributed by atoms with E-state index in [-0.39, 0.29) is 70.9 Å². The number of hydrogen-bond donors (Lipinski definition) is 1. The molecule has 0 heterocycles. The number of carbonyl (C=O) groups excluding carboxylic acids is 2. The Kier molecular flexibility index (Phi) is 28.5. The molecule has 0 spiro atoms. The van der Waals surface area contributed by atoms with Crippen LogP contribution in [0.5, 0.6) is 0 Å². The van der Waals surface area contributed by atoms with Crippen LogP contribution in [-0.2, 0) is 25.1 Å². The summed E-state index contributed by atoms with van der Waals surface area (Å²) < 4.78 is 20.6. The van der Waals surface area contributed by atoms with Gasteiger partial charge in [0.05, 0.1) is 0 Å². The van der Waals surface area contributed by atoms with Gasteiger partial charge in [-0.15, -0.1) is 0 Å². The summed E-state index contributed by atoms with van der Waals surface area (Å²) in [5.74, 6) is -1.36. The van der Waals surface area contributed by atoms with Crippen molar-refractivity contribution in [3.8, 4) is 0 Å². The van der Waals surface area contributed by atoms with E-state index in [2.05, 4.69) is 4.18 Å². The van der Waals surface area contributed by atoms with Gasteiger partial charge in [0, 0.05) is 0 Å². The van der Waals surface area contributed by atoms with E-state index in [0.29, 0.717) is 0 Å². The molecule has 0 radical (unpaired) electrons. The zero-order chi connectivity index (χ0) is 6.57. The van der Waals surface area contributed by atoms with Crippen LogP contribution in [0.15, 0.2) is 0 Å². The molecule has 0 aliphatic heterocycles. The number of hydrogen-bond acceptors (Lipinski definition) is 4.